The number of aryl methyl sites for hydroxylation is 1. The molecule has 0 aliphatic heterocycles. The Morgan fingerprint density at radius 3 is 2.55 bits per heavy atom. The monoisotopic (exact) mass is 311 g/mol. The van der Waals surface area contributed by atoms with Crippen LogP contribution in [0.25, 0.3) is 0 Å². The molecule has 0 aliphatic carbocycles. The Balaban J connectivity index is 2.39. The first-order valence-corrected chi connectivity index (χ1v) is 6.70. The second-order valence-corrected chi connectivity index (χ2v) is 4.90. The van der Waals surface area contributed by atoms with E-state index in [-0.39, 0.29) is 11.4 Å². The third-order valence-corrected chi connectivity index (χ3v) is 3.29. The van der Waals surface area contributed by atoms with Crippen LogP contribution in [0.15, 0.2) is 36.4 Å². The van der Waals surface area contributed by atoms with Gasteiger partial charge in [0.1, 0.15) is 5.75 Å². The van der Waals surface area contributed by atoms with Gasteiger partial charge in [-0.3, -0.25) is 10.1 Å². The second kappa shape index (κ2) is 6.11. The van der Waals surface area contributed by atoms with E-state index < -0.39 is 4.92 Å². The average molecular weight is 312 g/mol. The molecule has 0 aliphatic rings. The van der Waals surface area contributed by atoms with Crippen LogP contribution in [0.4, 0.5) is 5.69 Å². The lowest BCUT2D eigenvalue weighted by molar-refractivity contribution is -0.385. The smallest absolute Gasteiger partial charge is 0.311 e. The Bertz CT molecular complexity index is 659. The van der Waals surface area contributed by atoms with E-state index in [0.29, 0.717) is 16.7 Å². The Morgan fingerprint density at radius 2 is 1.95 bits per heavy atom. The Labute approximate surface area is 126 Å². The highest BCUT2D eigenvalue weighted by Gasteiger charge is 2.16. The zero-order valence-corrected chi connectivity index (χ0v) is 12.1. The number of hydrogen-bond acceptors (Lipinski definition) is 3. The number of nitrogens with zero attached hydrogens (tertiary/aromatic N) is 1. The van der Waals surface area contributed by atoms with Crippen molar-refractivity contribution < 1.29 is 9.66 Å². The lowest BCUT2D eigenvalue weighted by atomic mass is 10.2. The number of nitro benzene ring substituents is 1. The molecule has 0 radical (unpaired) electrons. The lowest BCUT2D eigenvalue weighted by Gasteiger charge is -2.09. The molecule has 0 amide bonds. The summed E-state index contributed by atoms with van der Waals surface area (Å²) in [5.74, 6) is 0.856. The van der Waals surface area contributed by atoms with Gasteiger partial charge in [0.15, 0.2) is 0 Å². The van der Waals surface area contributed by atoms with Gasteiger partial charge in [-0.25, -0.2) is 0 Å². The number of benzene rings is 2. The van der Waals surface area contributed by atoms with Crippen LogP contribution in [0.3, 0.4) is 0 Å². The highest BCUT2D eigenvalue weighted by atomic mass is 35.5. The number of hydrogen-bond donors (Lipinski definition) is 0. The van der Waals surface area contributed by atoms with E-state index in [0.717, 1.165) is 11.1 Å². The van der Waals surface area contributed by atoms with E-state index in [1.54, 1.807) is 30.3 Å². The van der Waals surface area contributed by atoms with Crippen molar-refractivity contribution in [1.82, 2.24) is 0 Å². The van der Waals surface area contributed by atoms with Crippen LogP contribution >= 0.6 is 23.2 Å². The van der Waals surface area contributed by atoms with Gasteiger partial charge in [0, 0.05) is 11.9 Å². The molecule has 2 aromatic rings. The number of rotatable bonds is 4. The number of nitro groups is 1. The van der Waals surface area contributed by atoms with Crippen molar-refractivity contribution in [2.45, 2.75) is 12.8 Å². The van der Waals surface area contributed by atoms with E-state index in [4.69, 9.17) is 27.9 Å². The summed E-state index contributed by atoms with van der Waals surface area (Å²) in [5.41, 5.74) is 1.61. The van der Waals surface area contributed by atoms with E-state index in [1.807, 2.05) is 6.92 Å². The fourth-order valence-electron chi connectivity index (χ4n) is 1.68. The summed E-state index contributed by atoms with van der Waals surface area (Å²) in [6.07, 6.45) is 0. The molecule has 0 spiro atoms. The first kappa shape index (κ1) is 14.6. The van der Waals surface area contributed by atoms with Crippen LogP contribution in [0.5, 0.6) is 11.5 Å². The van der Waals surface area contributed by atoms with E-state index in [9.17, 15) is 10.1 Å². The molecule has 0 bridgehead atoms. The molecule has 0 aromatic heterocycles. The van der Waals surface area contributed by atoms with Gasteiger partial charge >= 0.3 is 5.69 Å². The van der Waals surface area contributed by atoms with Crippen molar-refractivity contribution >= 4 is 28.9 Å². The Morgan fingerprint density at radius 1 is 1.20 bits per heavy atom. The summed E-state index contributed by atoms with van der Waals surface area (Å²) in [4.78, 5) is 10.5. The van der Waals surface area contributed by atoms with Gasteiger partial charge in [-0.15, -0.1) is 11.6 Å². The summed E-state index contributed by atoms with van der Waals surface area (Å²) in [6.45, 7) is 1.83. The van der Waals surface area contributed by atoms with Crippen molar-refractivity contribution in [2.75, 3.05) is 0 Å². The minimum atomic E-state index is -0.490. The van der Waals surface area contributed by atoms with Gasteiger partial charge < -0.3 is 4.74 Å². The zero-order chi connectivity index (χ0) is 14.7. The molecule has 6 heteroatoms. The highest BCUT2D eigenvalue weighted by Crippen LogP contribution is 2.35. The van der Waals surface area contributed by atoms with Gasteiger partial charge in [0.2, 0.25) is 5.75 Å². The first-order chi connectivity index (χ1) is 9.51. The van der Waals surface area contributed by atoms with Gasteiger partial charge in [-0.05, 0) is 36.2 Å². The van der Waals surface area contributed by atoms with Crippen molar-refractivity contribution in [2.24, 2.45) is 0 Å². The van der Waals surface area contributed by atoms with E-state index in [2.05, 4.69) is 0 Å². The van der Waals surface area contributed by atoms with Crippen molar-refractivity contribution in [1.29, 1.82) is 0 Å². The molecule has 0 heterocycles. The largest absolute Gasteiger partial charge is 0.449 e. The van der Waals surface area contributed by atoms with Crippen LogP contribution in [0.2, 0.25) is 5.02 Å². The first-order valence-electron chi connectivity index (χ1n) is 5.78. The van der Waals surface area contributed by atoms with Crippen LogP contribution < -0.4 is 4.74 Å². The fraction of sp³-hybridized carbons (Fsp3) is 0.143. The second-order valence-electron chi connectivity index (χ2n) is 4.23. The summed E-state index contributed by atoms with van der Waals surface area (Å²) in [6, 6.07) is 9.74. The maximum atomic E-state index is 11.0. The molecule has 0 fully saturated rings. The van der Waals surface area contributed by atoms with Gasteiger partial charge in [0.25, 0.3) is 0 Å². The molecule has 0 unspecified atom stereocenters. The van der Waals surface area contributed by atoms with Crippen LogP contribution in [0.1, 0.15) is 11.1 Å². The number of halogens is 2. The Hall–Kier alpha value is -1.78. The predicted molar refractivity (Wildman–Crippen MR) is 78.9 cm³/mol. The number of alkyl halides is 1. The van der Waals surface area contributed by atoms with Crippen LogP contribution in [-0.4, -0.2) is 4.92 Å². The molecule has 20 heavy (non-hydrogen) atoms. The molecule has 2 aromatic carbocycles. The Kier molecular flexibility index (Phi) is 4.47. The average Bonchev–Trinajstić information content (AvgIpc) is 2.40. The van der Waals surface area contributed by atoms with Crippen molar-refractivity contribution in [3.8, 4) is 11.5 Å². The minimum absolute atomic E-state index is 0.104. The molecular formula is C14H11Cl2NO3. The maximum Gasteiger partial charge on any atom is 0.311 e. The fourth-order valence-corrected chi connectivity index (χ4v) is 2.09. The van der Waals surface area contributed by atoms with E-state index in [1.165, 1.54) is 6.07 Å². The summed E-state index contributed by atoms with van der Waals surface area (Å²) >= 11 is 11.8. The SMILES string of the molecule is Cc1ccc([N+](=O)[O-])c(Oc2ccc(CCl)cc2Cl)c1. The third kappa shape index (κ3) is 3.21. The predicted octanol–water partition coefficient (Wildman–Crippen LogP) is 5.09. The number of ether oxygens (including phenoxy) is 1. The molecule has 0 saturated heterocycles. The standard InChI is InChI=1S/C14H11Cl2NO3/c1-9-2-4-12(17(18)19)14(6-9)20-13-5-3-10(8-15)7-11(13)16/h2-7H,8H2,1H3. The molecule has 0 N–H and O–H groups in total. The van der Waals surface area contributed by atoms with Crippen molar-refractivity contribution in [3.63, 3.8) is 0 Å². The topological polar surface area (TPSA) is 52.4 Å². The van der Waals surface area contributed by atoms with E-state index >= 15 is 0 Å². The van der Waals surface area contributed by atoms with Gasteiger partial charge in [0.05, 0.1) is 9.95 Å². The third-order valence-electron chi connectivity index (χ3n) is 2.68. The van der Waals surface area contributed by atoms with Crippen LogP contribution in [0, 0.1) is 17.0 Å². The molecule has 2 rings (SSSR count). The molecule has 4 nitrogen and oxygen atoms in total. The minimum Gasteiger partial charge on any atom is -0.449 e. The van der Waals surface area contributed by atoms with Gasteiger partial charge in [-0.2, -0.15) is 0 Å². The quantitative estimate of drug-likeness (QED) is 0.449. The maximum absolute atomic E-state index is 11.0. The van der Waals surface area contributed by atoms with Crippen molar-refractivity contribution in [3.05, 3.63) is 62.7 Å². The molecule has 0 atom stereocenters. The molecule has 0 saturated carbocycles. The summed E-state index contributed by atoms with van der Waals surface area (Å²) < 4.78 is 5.57. The normalized spacial score (nSPS) is 10.3. The molecular weight excluding hydrogens is 301 g/mol. The summed E-state index contributed by atoms with van der Waals surface area (Å²) in [5, 5.41) is 11.3. The molecule has 104 valence electrons. The van der Waals surface area contributed by atoms with Crippen LogP contribution in [-0.2, 0) is 5.88 Å². The lowest BCUT2D eigenvalue weighted by Crippen LogP contribution is -1.94. The highest BCUT2D eigenvalue weighted by molar-refractivity contribution is 6.32. The zero-order valence-electron chi connectivity index (χ0n) is 10.6. The summed E-state index contributed by atoms with van der Waals surface area (Å²) in [7, 11) is 0. The van der Waals surface area contributed by atoms with Gasteiger partial charge in [-0.1, -0.05) is 23.7 Å².